The fourth-order valence-corrected chi connectivity index (χ4v) is 3.67. The fourth-order valence-electron chi connectivity index (χ4n) is 3.67. The van der Waals surface area contributed by atoms with Crippen LogP contribution in [0.25, 0.3) is 11.1 Å². The highest BCUT2D eigenvalue weighted by Gasteiger charge is 2.41. The molecule has 0 fully saturated rings. The second kappa shape index (κ2) is 5.33. The van der Waals surface area contributed by atoms with Crippen LogP contribution in [0.2, 0.25) is 0 Å². The van der Waals surface area contributed by atoms with E-state index in [2.05, 4.69) is 21.0 Å². The lowest BCUT2D eigenvalue weighted by Crippen LogP contribution is -2.39. The topological polar surface area (TPSA) is 56.6 Å². The predicted molar refractivity (Wildman–Crippen MR) is 87.8 cm³/mol. The lowest BCUT2D eigenvalue weighted by molar-refractivity contribution is 0.0704. The highest BCUT2D eigenvalue weighted by Crippen LogP contribution is 2.42. The molecule has 2 aliphatic rings. The molecule has 0 saturated heterocycles. The summed E-state index contributed by atoms with van der Waals surface area (Å²) in [5.74, 6) is 1.72. The van der Waals surface area contributed by atoms with Gasteiger partial charge in [-0.2, -0.15) is 0 Å². The predicted octanol–water partition coefficient (Wildman–Crippen LogP) is 2.83. The number of benzene rings is 1. The molecule has 4 rings (SSSR count). The summed E-state index contributed by atoms with van der Waals surface area (Å²) in [6.07, 6.45) is 8.01. The van der Waals surface area contributed by atoms with E-state index in [-0.39, 0.29) is 5.60 Å². The van der Waals surface area contributed by atoms with Crippen molar-refractivity contribution in [1.29, 1.82) is 0 Å². The number of rotatable bonds is 2. The molecule has 5 nitrogen and oxygen atoms in total. The molecule has 1 unspecified atom stereocenters. The molecular formula is C18H19N3O2. The molecule has 0 saturated carbocycles. The van der Waals surface area contributed by atoms with E-state index in [9.17, 15) is 0 Å². The molecule has 1 atom stereocenters. The van der Waals surface area contributed by atoms with E-state index < -0.39 is 0 Å². The normalized spacial score (nSPS) is 22.4. The molecule has 1 aromatic heterocycles. The Labute approximate surface area is 135 Å². The molecule has 5 heteroatoms. The summed E-state index contributed by atoms with van der Waals surface area (Å²) in [5.41, 5.74) is 4.58. The number of hydrogen-bond acceptors (Lipinski definition) is 5. The monoisotopic (exact) mass is 309 g/mol. The summed E-state index contributed by atoms with van der Waals surface area (Å²) in [4.78, 5) is 12.8. The molecule has 1 aliphatic carbocycles. The van der Waals surface area contributed by atoms with Crippen LogP contribution in [0.5, 0.6) is 5.75 Å². The van der Waals surface area contributed by atoms with E-state index >= 15 is 0 Å². The standard InChI is InChI=1S/C18H19N3O2/c1-12-21-10-18(23-12)6-5-15-14(13-8-19-11-20-9-13)3-4-17(22-2)16(15)7-18/h3-4,8-9,11H,5-7,10H2,1-2H3. The molecule has 1 aliphatic heterocycles. The number of ether oxygens (including phenoxy) is 2. The SMILES string of the molecule is COc1ccc(-c2cncnc2)c2c1CC1(CC2)CN=C(C)O1. The summed E-state index contributed by atoms with van der Waals surface area (Å²) in [6.45, 7) is 2.67. The van der Waals surface area contributed by atoms with Gasteiger partial charge in [-0.05, 0) is 30.0 Å². The van der Waals surface area contributed by atoms with Gasteiger partial charge in [0, 0.05) is 36.9 Å². The van der Waals surface area contributed by atoms with Crippen molar-refractivity contribution in [3.63, 3.8) is 0 Å². The first-order chi connectivity index (χ1) is 11.2. The third kappa shape index (κ3) is 2.36. The maximum absolute atomic E-state index is 6.06. The van der Waals surface area contributed by atoms with Gasteiger partial charge in [0.15, 0.2) is 5.90 Å². The van der Waals surface area contributed by atoms with E-state index in [0.29, 0.717) is 0 Å². The largest absolute Gasteiger partial charge is 0.496 e. The minimum Gasteiger partial charge on any atom is -0.496 e. The Morgan fingerprint density at radius 3 is 2.70 bits per heavy atom. The Morgan fingerprint density at radius 1 is 1.17 bits per heavy atom. The number of nitrogens with zero attached hydrogens (tertiary/aromatic N) is 3. The minimum absolute atomic E-state index is 0.198. The Hall–Kier alpha value is -2.43. The molecule has 0 amide bonds. The third-order valence-corrected chi connectivity index (χ3v) is 4.76. The molecule has 0 N–H and O–H groups in total. The van der Waals surface area contributed by atoms with Crippen LogP contribution in [-0.4, -0.2) is 35.1 Å². The lowest BCUT2D eigenvalue weighted by Gasteiger charge is -2.35. The van der Waals surface area contributed by atoms with E-state index in [1.165, 1.54) is 16.7 Å². The Bertz CT molecular complexity index is 773. The quantitative estimate of drug-likeness (QED) is 0.856. The van der Waals surface area contributed by atoms with Crippen LogP contribution in [0.4, 0.5) is 0 Å². The number of aliphatic imine (C=N–C) groups is 1. The van der Waals surface area contributed by atoms with Crippen LogP contribution >= 0.6 is 0 Å². The van der Waals surface area contributed by atoms with Crippen LogP contribution in [-0.2, 0) is 17.6 Å². The second-order valence-electron chi connectivity index (χ2n) is 6.20. The van der Waals surface area contributed by atoms with Gasteiger partial charge in [0.05, 0.1) is 13.7 Å². The van der Waals surface area contributed by atoms with Gasteiger partial charge in [-0.3, -0.25) is 4.99 Å². The van der Waals surface area contributed by atoms with Crippen molar-refractivity contribution in [2.75, 3.05) is 13.7 Å². The highest BCUT2D eigenvalue weighted by atomic mass is 16.5. The third-order valence-electron chi connectivity index (χ3n) is 4.76. The molecular weight excluding hydrogens is 290 g/mol. The zero-order chi connectivity index (χ0) is 15.9. The number of methoxy groups -OCH3 is 1. The van der Waals surface area contributed by atoms with Crippen LogP contribution in [0.15, 0.2) is 35.8 Å². The Morgan fingerprint density at radius 2 is 2.00 bits per heavy atom. The van der Waals surface area contributed by atoms with E-state index in [1.807, 2.05) is 25.4 Å². The van der Waals surface area contributed by atoms with Crippen LogP contribution in [0, 0.1) is 0 Å². The van der Waals surface area contributed by atoms with Crippen molar-refractivity contribution in [3.05, 3.63) is 42.0 Å². The molecule has 2 aromatic rings. The summed E-state index contributed by atoms with van der Waals surface area (Å²) in [5, 5.41) is 0. The summed E-state index contributed by atoms with van der Waals surface area (Å²) >= 11 is 0. The second-order valence-corrected chi connectivity index (χ2v) is 6.20. The van der Waals surface area contributed by atoms with Gasteiger partial charge in [0.2, 0.25) is 0 Å². The zero-order valence-corrected chi connectivity index (χ0v) is 13.4. The molecule has 1 spiro atoms. The minimum atomic E-state index is -0.198. The lowest BCUT2D eigenvalue weighted by atomic mass is 9.77. The maximum atomic E-state index is 6.06. The van der Waals surface area contributed by atoms with Gasteiger partial charge < -0.3 is 9.47 Å². The van der Waals surface area contributed by atoms with Crippen molar-refractivity contribution < 1.29 is 9.47 Å². The Kier molecular flexibility index (Phi) is 3.29. The van der Waals surface area contributed by atoms with Gasteiger partial charge in [0.25, 0.3) is 0 Å². The molecule has 0 bridgehead atoms. The highest BCUT2D eigenvalue weighted by molar-refractivity contribution is 5.76. The molecule has 23 heavy (non-hydrogen) atoms. The average Bonchev–Trinajstić information content (AvgIpc) is 2.94. The van der Waals surface area contributed by atoms with Crippen LogP contribution < -0.4 is 4.74 Å². The van der Waals surface area contributed by atoms with Gasteiger partial charge in [-0.1, -0.05) is 6.07 Å². The van der Waals surface area contributed by atoms with Crippen molar-refractivity contribution in [2.24, 2.45) is 4.99 Å². The van der Waals surface area contributed by atoms with Crippen molar-refractivity contribution in [1.82, 2.24) is 9.97 Å². The molecule has 0 radical (unpaired) electrons. The Balaban J connectivity index is 1.79. The fraction of sp³-hybridized carbons (Fsp3) is 0.389. The number of fused-ring (bicyclic) bond motifs is 1. The van der Waals surface area contributed by atoms with E-state index in [1.54, 1.807) is 13.4 Å². The van der Waals surface area contributed by atoms with Gasteiger partial charge in [-0.25, -0.2) is 9.97 Å². The van der Waals surface area contributed by atoms with Gasteiger partial charge >= 0.3 is 0 Å². The molecule has 2 heterocycles. The number of hydrogen-bond donors (Lipinski definition) is 0. The summed E-state index contributed by atoms with van der Waals surface area (Å²) in [6, 6.07) is 4.13. The summed E-state index contributed by atoms with van der Waals surface area (Å²) in [7, 11) is 1.72. The van der Waals surface area contributed by atoms with Gasteiger partial charge in [-0.15, -0.1) is 0 Å². The average molecular weight is 309 g/mol. The first kappa shape index (κ1) is 14.2. The van der Waals surface area contributed by atoms with Crippen molar-refractivity contribution >= 4 is 5.90 Å². The molecule has 1 aromatic carbocycles. The van der Waals surface area contributed by atoms with Crippen LogP contribution in [0.3, 0.4) is 0 Å². The smallest absolute Gasteiger partial charge is 0.180 e. The number of aromatic nitrogens is 2. The van der Waals surface area contributed by atoms with Crippen molar-refractivity contribution in [2.45, 2.75) is 31.8 Å². The maximum Gasteiger partial charge on any atom is 0.180 e. The molecule has 118 valence electrons. The van der Waals surface area contributed by atoms with Crippen molar-refractivity contribution in [3.8, 4) is 16.9 Å². The van der Waals surface area contributed by atoms with E-state index in [4.69, 9.17) is 9.47 Å². The first-order valence-corrected chi connectivity index (χ1v) is 7.85. The van der Waals surface area contributed by atoms with Crippen LogP contribution in [0.1, 0.15) is 24.5 Å². The van der Waals surface area contributed by atoms with Gasteiger partial charge in [0.1, 0.15) is 17.7 Å². The first-order valence-electron chi connectivity index (χ1n) is 7.85. The zero-order valence-electron chi connectivity index (χ0n) is 13.4. The summed E-state index contributed by atoms with van der Waals surface area (Å²) < 4.78 is 11.7. The van der Waals surface area contributed by atoms with E-state index in [0.717, 1.165) is 43.0 Å².